The van der Waals surface area contributed by atoms with Crippen LogP contribution in [0.15, 0.2) is 48.5 Å². The number of halogens is 3. The fourth-order valence-electron chi connectivity index (χ4n) is 3.03. The number of carbonyl (C=O) groups excluding carboxylic acids is 1. The van der Waals surface area contributed by atoms with Crippen molar-refractivity contribution in [2.24, 2.45) is 0 Å². The summed E-state index contributed by atoms with van der Waals surface area (Å²) in [5.41, 5.74) is 7.01. The van der Waals surface area contributed by atoms with Crippen LogP contribution < -0.4 is 20.9 Å². The molecule has 28 heavy (non-hydrogen) atoms. The Bertz CT molecular complexity index is 792. The number of rotatable bonds is 6. The van der Waals surface area contributed by atoms with E-state index in [4.69, 9.17) is 4.74 Å². The Balaban J connectivity index is 1.50. The zero-order valence-corrected chi connectivity index (χ0v) is 15.3. The van der Waals surface area contributed by atoms with Gasteiger partial charge >= 0.3 is 6.18 Å². The molecule has 1 aliphatic heterocycles. The summed E-state index contributed by atoms with van der Waals surface area (Å²) in [6.07, 6.45) is -3.80. The molecule has 1 saturated heterocycles. The molecule has 0 radical (unpaired) electrons. The predicted octanol–water partition coefficient (Wildman–Crippen LogP) is 3.33. The van der Waals surface area contributed by atoms with E-state index in [1.807, 2.05) is 31.2 Å². The summed E-state index contributed by atoms with van der Waals surface area (Å²) in [7, 11) is 0. The number of hydrogen-bond donors (Lipinski definition) is 3. The maximum Gasteiger partial charge on any atom is 0.416 e. The lowest BCUT2D eigenvalue weighted by molar-refractivity contribution is -0.137. The third-order valence-corrected chi connectivity index (χ3v) is 4.56. The average molecular weight is 393 g/mol. The first-order valence-corrected chi connectivity index (χ1v) is 9.04. The second kappa shape index (κ2) is 8.62. The molecule has 1 amide bonds. The van der Waals surface area contributed by atoms with E-state index in [-0.39, 0.29) is 18.5 Å². The number of hydrogen-bond acceptors (Lipinski definition) is 4. The van der Waals surface area contributed by atoms with Gasteiger partial charge in [-0.25, -0.2) is 10.9 Å². The van der Waals surface area contributed by atoms with Crippen molar-refractivity contribution in [3.63, 3.8) is 0 Å². The Morgan fingerprint density at radius 1 is 1.11 bits per heavy atom. The smallest absolute Gasteiger partial charge is 0.416 e. The van der Waals surface area contributed by atoms with Crippen molar-refractivity contribution in [2.45, 2.75) is 38.1 Å². The van der Waals surface area contributed by atoms with Gasteiger partial charge < -0.3 is 10.1 Å². The van der Waals surface area contributed by atoms with Crippen LogP contribution in [0.25, 0.3) is 0 Å². The Morgan fingerprint density at radius 3 is 2.39 bits per heavy atom. The van der Waals surface area contributed by atoms with Crippen LogP contribution in [0.4, 0.5) is 13.2 Å². The Morgan fingerprint density at radius 2 is 1.79 bits per heavy atom. The number of alkyl halides is 3. The van der Waals surface area contributed by atoms with Gasteiger partial charge in [0.1, 0.15) is 11.8 Å². The van der Waals surface area contributed by atoms with Gasteiger partial charge in [0.15, 0.2) is 0 Å². The van der Waals surface area contributed by atoms with Crippen LogP contribution in [0.3, 0.4) is 0 Å². The summed E-state index contributed by atoms with van der Waals surface area (Å²) in [4.78, 5) is 12.3. The molecule has 2 unspecified atom stereocenters. The lowest BCUT2D eigenvalue weighted by atomic mass is 10.0. The van der Waals surface area contributed by atoms with Crippen LogP contribution in [0.2, 0.25) is 0 Å². The second-order valence-electron chi connectivity index (χ2n) is 6.54. The molecule has 2 aromatic carbocycles. The Kier molecular flexibility index (Phi) is 6.21. The van der Waals surface area contributed by atoms with Gasteiger partial charge in [-0.1, -0.05) is 24.3 Å². The van der Waals surface area contributed by atoms with Crippen molar-refractivity contribution in [1.29, 1.82) is 0 Å². The topological polar surface area (TPSA) is 62.4 Å². The molecule has 2 atom stereocenters. The van der Waals surface area contributed by atoms with Gasteiger partial charge in [-0.2, -0.15) is 13.2 Å². The fraction of sp³-hybridized carbons (Fsp3) is 0.350. The van der Waals surface area contributed by atoms with Crippen LogP contribution in [-0.2, 0) is 17.5 Å². The molecule has 8 heteroatoms. The molecule has 3 N–H and O–H groups in total. The minimum atomic E-state index is -4.36. The number of benzene rings is 2. The zero-order valence-electron chi connectivity index (χ0n) is 15.3. The number of hydrazine groups is 1. The van der Waals surface area contributed by atoms with E-state index in [1.165, 1.54) is 12.1 Å². The van der Waals surface area contributed by atoms with Crippen molar-refractivity contribution < 1.29 is 22.7 Å². The van der Waals surface area contributed by atoms with Crippen LogP contribution in [0, 0.1) is 0 Å². The minimum absolute atomic E-state index is 0.0162. The highest BCUT2D eigenvalue weighted by atomic mass is 19.4. The van der Waals surface area contributed by atoms with Crippen molar-refractivity contribution >= 4 is 5.91 Å². The van der Waals surface area contributed by atoms with Crippen molar-refractivity contribution in [3.05, 3.63) is 65.2 Å². The van der Waals surface area contributed by atoms with Gasteiger partial charge in [-0.05, 0) is 48.7 Å². The van der Waals surface area contributed by atoms with E-state index in [9.17, 15) is 18.0 Å². The van der Waals surface area contributed by atoms with Gasteiger partial charge in [0, 0.05) is 12.6 Å². The van der Waals surface area contributed by atoms with Crippen LogP contribution in [0.1, 0.15) is 36.1 Å². The Hall–Kier alpha value is -2.58. The molecule has 1 aliphatic rings. The molecule has 5 nitrogen and oxygen atoms in total. The van der Waals surface area contributed by atoms with E-state index < -0.39 is 17.8 Å². The predicted molar refractivity (Wildman–Crippen MR) is 98.3 cm³/mol. The molecule has 0 spiro atoms. The van der Waals surface area contributed by atoms with Crippen molar-refractivity contribution in [3.8, 4) is 5.75 Å². The third kappa shape index (κ3) is 5.02. The molecule has 0 bridgehead atoms. The fourth-order valence-corrected chi connectivity index (χ4v) is 3.03. The number of ether oxygens (including phenoxy) is 1. The van der Waals surface area contributed by atoms with E-state index >= 15 is 0 Å². The van der Waals surface area contributed by atoms with Crippen LogP contribution in [-0.4, -0.2) is 18.6 Å². The highest BCUT2D eigenvalue weighted by Gasteiger charge is 2.31. The molecule has 0 saturated carbocycles. The zero-order chi connectivity index (χ0) is 20.1. The summed E-state index contributed by atoms with van der Waals surface area (Å²) < 4.78 is 43.2. The molecule has 1 heterocycles. The normalized spacial score (nSPS) is 19.4. The molecule has 0 aliphatic carbocycles. The largest absolute Gasteiger partial charge is 0.494 e. The molecule has 3 rings (SSSR count). The maximum absolute atomic E-state index is 12.6. The van der Waals surface area contributed by atoms with Crippen LogP contribution in [0.5, 0.6) is 5.75 Å². The van der Waals surface area contributed by atoms with Gasteiger partial charge in [0.25, 0.3) is 0 Å². The molecule has 0 aromatic heterocycles. The number of nitrogens with one attached hydrogen (secondary N) is 3. The van der Waals surface area contributed by atoms with Gasteiger partial charge in [-0.3, -0.25) is 4.79 Å². The lowest BCUT2D eigenvalue weighted by Gasteiger charge is -2.12. The summed E-state index contributed by atoms with van der Waals surface area (Å²) in [6, 6.07) is 12.0. The first kappa shape index (κ1) is 20.2. The summed E-state index contributed by atoms with van der Waals surface area (Å²) in [5.74, 6) is 0.587. The lowest BCUT2D eigenvalue weighted by Crippen LogP contribution is -2.42. The average Bonchev–Trinajstić information content (AvgIpc) is 3.17. The quantitative estimate of drug-likeness (QED) is 0.705. The van der Waals surface area contributed by atoms with Crippen LogP contribution >= 0.6 is 0 Å². The van der Waals surface area contributed by atoms with Crippen molar-refractivity contribution in [1.82, 2.24) is 16.2 Å². The van der Waals surface area contributed by atoms with E-state index in [0.29, 0.717) is 18.6 Å². The van der Waals surface area contributed by atoms with E-state index in [0.717, 1.165) is 23.4 Å². The first-order chi connectivity index (χ1) is 13.4. The van der Waals surface area contributed by atoms with E-state index in [1.54, 1.807) is 0 Å². The number of carbonyl (C=O) groups is 1. The monoisotopic (exact) mass is 393 g/mol. The molecule has 2 aromatic rings. The molecule has 1 fully saturated rings. The number of amides is 1. The summed E-state index contributed by atoms with van der Waals surface area (Å²) in [5, 5.41) is 2.75. The SMILES string of the molecule is CCOc1ccc(C2CC(C(=O)NCc3ccc(C(F)(F)F)cc3)NN2)cc1. The first-order valence-electron chi connectivity index (χ1n) is 9.04. The maximum atomic E-state index is 12.6. The second-order valence-corrected chi connectivity index (χ2v) is 6.54. The summed E-state index contributed by atoms with van der Waals surface area (Å²) in [6.45, 7) is 2.69. The minimum Gasteiger partial charge on any atom is -0.494 e. The van der Waals surface area contributed by atoms with Crippen molar-refractivity contribution in [2.75, 3.05) is 6.61 Å². The molecule has 150 valence electrons. The summed E-state index contributed by atoms with van der Waals surface area (Å²) >= 11 is 0. The van der Waals surface area contributed by atoms with E-state index in [2.05, 4.69) is 16.2 Å². The molecular formula is C20H22F3N3O2. The standard InChI is InChI=1S/C20H22F3N3O2/c1-2-28-16-9-5-14(6-10-16)17-11-18(26-25-17)19(27)24-12-13-3-7-15(8-4-13)20(21,22)23/h3-10,17-18,25-26H,2,11-12H2,1H3,(H,24,27). The third-order valence-electron chi connectivity index (χ3n) is 4.56. The highest BCUT2D eigenvalue weighted by molar-refractivity contribution is 5.82. The Labute approximate surface area is 161 Å². The molecular weight excluding hydrogens is 371 g/mol. The van der Waals surface area contributed by atoms with Gasteiger partial charge in [0.05, 0.1) is 12.2 Å². The van der Waals surface area contributed by atoms with Gasteiger partial charge in [-0.15, -0.1) is 0 Å². The highest BCUT2D eigenvalue weighted by Crippen LogP contribution is 2.29. The van der Waals surface area contributed by atoms with Gasteiger partial charge in [0.2, 0.25) is 5.91 Å².